The maximum Gasteiger partial charge on any atom is 0.234 e. The molecule has 94 valence electrons. The van der Waals surface area contributed by atoms with Gasteiger partial charge in [-0.15, -0.1) is 6.58 Å². The molecule has 1 unspecified atom stereocenters. The van der Waals surface area contributed by atoms with Crippen molar-refractivity contribution in [3.05, 3.63) is 36.8 Å². The van der Waals surface area contributed by atoms with E-state index in [-0.39, 0.29) is 11.9 Å². The van der Waals surface area contributed by atoms with Crippen molar-refractivity contribution in [2.24, 2.45) is 0 Å². The van der Waals surface area contributed by atoms with Crippen molar-refractivity contribution in [1.29, 1.82) is 0 Å². The van der Waals surface area contributed by atoms with Gasteiger partial charge in [0, 0.05) is 19.0 Å². The van der Waals surface area contributed by atoms with Gasteiger partial charge in [0.15, 0.2) is 0 Å². The Bertz CT molecular complexity index is 333. The third kappa shape index (κ3) is 5.92. The third-order valence-corrected chi connectivity index (χ3v) is 2.39. The molecule has 0 radical (unpaired) electrons. The Morgan fingerprint density at radius 2 is 2.47 bits per heavy atom. The smallest absolute Gasteiger partial charge is 0.234 e. The Morgan fingerprint density at radius 1 is 1.65 bits per heavy atom. The topological polar surface area (TPSA) is 54.3 Å². The van der Waals surface area contributed by atoms with E-state index in [0.29, 0.717) is 13.1 Å². The average Bonchev–Trinajstić information content (AvgIpc) is 2.79. The number of hydrogen-bond donors (Lipinski definition) is 2. The number of carbonyl (C=O) groups excluding carboxylic acids is 1. The minimum absolute atomic E-state index is 0.0128. The van der Waals surface area contributed by atoms with Crippen molar-refractivity contribution in [3.63, 3.8) is 0 Å². The number of rotatable bonds is 8. The molecule has 1 amide bonds. The molecule has 0 aliphatic heterocycles. The van der Waals surface area contributed by atoms with Gasteiger partial charge in [-0.25, -0.2) is 0 Å². The molecule has 0 saturated heterocycles. The quantitative estimate of drug-likeness (QED) is 0.531. The summed E-state index contributed by atoms with van der Waals surface area (Å²) in [5, 5.41) is 5.89. The van der Waals surface area contributed by atoms with Crippen LogP contribution in [0.3, 0.4) is 0 Å². The maximum atomic E-state index is 11.5. The molecular weight excluding hydrogens is 216 g/mol. The van der Waals surface area contributed by atoms with Crippen LogP contribution >= 0.6 is 0 Å². The third-order valence-electron chi connectivity index (χ3n) is 2.39. The van der Waals surface area contributed by atoms with Gasteiger partial charge >= 0.3 is 0 Å². The first-order valence-corrected chi connectivity index (χ1v) is 5.85. The normalized spacial score (nSPS) is 12.1. The Balaban J connectivity index is 2.13. The van der Waals surface area contributed by atoms with Gasteiger partial charge in [-0.2, -0.15) is 0 Å². The summed E-state index contributed by atoms with van der Waals surface area (Å²) in [5.74, 6) is 0.967. The average molecular weight is 236 g/mol. The van der Waals surface area contributed by atoms with Gasteiger partial charge in [-0.1, -0.05) is 6.08 Å². The molecule has 4 nitrogen and oxygen atoms in total. The summed E-state index contributed by atoms with van der Waals surface area (Å²) in [6.45, 7) is 6.54. The molecule has 1 heterocycles. The van der Waals surface area contributed by atoms with Crippen LogP contribution in [0.25, 0.3) is 0 Å². The molecule has 0 spiro atoms. The first-order valence-electron chi connectivity index (χ1n) is 5.85. The number of amides is 1. The van der Waals surface area contributed by atoms with Crippen LogP contribution in [-0.4, -0.2) is 25.0 Å². The van der Waals surface area contributed by atoms with E-state index in [1.54, 1.807) is 12.3 Å². The van der Waals surface area contributed by atoms with Gasteiger partial charge in [-0.3, -0.25) is 4.79 Å². The van der Waals surface area contributed by atoms with E-state index >= 15 is 0 Å². The van der Waals surface area contributed by atoms with Crippen LogP contribution in [0.5, 0.6) is 0 Å². The zero-order valence-corrected chi connectivity index (χ0v) is 10.2. The van der Waals surface area contributed by atoms with Crippen LogP contribution < -0.4 is 10.6 Å². The number of furan rings is 1. The lowest BCUT2D eigenvalue weighted by molar-refractivity contribution is -0.120. The summed E-state index contributed by atoms with van der Waals surface area (Å²) >= 11 is 0. The molecule has 4 heteroatoms. The second kappa shape index (κ2) is 7.68. The minimum atomic E-state index is 0.0128. The predicted octanol–water partition coefficient (Wildman–Crippen LogP) is 1.49. The fourth-order valence-corrected chi connectivity index (χ4v) is 1.50. The largest absolute Gasteiger partial charge is 0.469 e. The van der Waals surface area contributed by atoms with Gasteiger partial charge in [-0.05, 0) is 25.5 Å². The Hall–Kier alpha value is -1.55. The molecule has 0 saturated carbocycles. The maximum absolute atomic E-state index is 11.5. The molecule has 0 bridgehead atoms. The highest BCUT2D eigenvalue weighted by molar-refractivity contribution is 5.78. The molecule has 17 heavy (non-hydrogen) atoms. The van der Waals surface area contributed by atoms with Gasteiger partial charge in [0.05, 0.1) is 12.8 Å². The van der Waals surface area contributed by atoms with Crippen molar-refractivity contribution in [2.75, 3.05) is 13.1 Å². The first kappa shape index (κ1) is 13.5. The lowest BCUT2D eigenvalue weighted by Gasteiger charge is -2.13. The molecule has 1 rings (SSSR count). The summed E-state index contributed by atoms with van der Waals surface area (Å²) in [7, 11) is 0. The Labute approximate surface area is 102 Å². The predicted molar refractivity (Wildman–Crippen MR) is 67.7 cm³/mol. The Morgan fingerprint density at radius 3 is 3.12 bits per heavy atom. The van der Waals surface area contributed by atoms with Crippen molar-refractivity contribution in [2.45, 2.75) is 25.8 Å². The lowest BCUT2D eigenvalue weighted by atomic mass is 10.1. The first-order chi connectivity index (χ1) is 8.22. The highest BCUT2D eigenvalue weighted by atomic mass is 16.3. The lowest BCUT2D eigenvalue weighted by Crippen LogP contribution is -2.39. The van der Waals surface area contributed by atoms with E-state index in [2.05, 4.69) is 17.2 Å². The van der Waals surface area contributed by atoms with Crippen molar-refractivity contribution in [3.8, 4) is 0 Å². The molecule has 0 aliphatic carbocycles. The second-order valence-electron chi connectivity index (χ2n) is 4.01. The Kier molecular flexibility index (Phi) is 6.10. The van der Waals surface area contributed by atoms with Crippen LogP contribution in [0.1, 0.15) is 19.1 Å². The van der Waals surface area contributed by atoms with Crippen LogP contribution in [0, 0.1) is 0 Å². The summed E-state index contributed by atoms with van der Waals surface area (Å²) in [6, 6.07) is 3.97. The zero-order chi connectivity index (χ0) is 12.5. The van der Waals surface area contributed by atoms with Crippen LogP contribution in [0.15, 0.2) is 35.5 Å². The summed E-state index contributed by atoms with van der Waals surface area (Å²) in [5.41, 5.74) is 0. The number of nitrogens with one attached hydrogen (secondary N) is 2. The van der Waals surface area contributed by atoms with E-state index < -0.39 is 0 Å². The van der Waals surface area contributed by atoms with E-state index in [4.69, 9.17) is 4.42 Å². The van der Waals surface area contributed by atoms with Gasteiger partial charge in [0.2, 0.25) is 5.91 Å². The monoisotopic (exact) mass is 236 g/mol. The second-order valence-corrected chi connectivity index (χ2v) is 4.01. The highest BCUT2D eigenvalue weighted by Gasteiger charge is 2.07. The minimum Gasteiger partial charge on any atom is -0.469 e. The molecule has 1 atom stereocenters. The summed E-state index contributed by atoms with van der Waals surface area (Å²) < 4.78 is 5.23. The number of hydrogen-bond acceptors (Lipinski definition) is 3. The fraction of sp³-hybridized carbons (Fsp3) is 0.462. The van der Waals surface area contributed by atoms with Crippen molar-refractivity contribution >= 4 is 5.91 Å². The number of carbonyl (C=O) groups is 1. The van der Waals surface area contributed by atoms with Crippen molar-refractivity contribution < 1.29 is 9.21 Å². The molecule has 1 aromatic heterocycles. The molecular formula is C13H20N2O2. The molecule has 0 aliphatic rings. The number of aryl methyl sites for hydroxylation is 1. The summed E-state index contributed by atoms with van der Waals surface area (Å²) in [6.07, 6.45) is 5.11. The van der Waals surface area contributed by atoms with E-state index in [1.165, 1.54) is 0 Å². The highest BCUT2D eigenvalue weighted by Crippen LogP contribution is 2.05. The van der Waals surface area contributed by atoms with E-state index in [1.807, 2.05) is 19.1 Å². The fourth-order valence-electron chi connectivity index (χ4n) is 1.50. The van der Waals surface area contributed by atoms with Crippen LogP contribution in [0.4, 0.5) is 0 Å². The standard InChI is InChI=1S/C13H20N2O2/c1-3-8-14-10-13(16)15-11(2)6-7-12-5-4-9-17-12/h3-5,9,11,14H,1,6-8,10H2,2H3,(H,15,16). The zero-order valence-electron chi connectivity index (χ0n) is 10.2. The molecule has 0 fully saturated rings. The molecule has 1 aromatic rings. The SMILES string of the molecule is C=CCNCC(=O)NC(C)CCc1ccco1. The van der Waals surface area contributed by atoms with E-state index in [9.17, 15) is 4.79 Å². The molecule has 2 N–H and O–H groups in total. The van der Waals surface area contributed by atoms with Crippen molar-refractivity contribution in [1.82, 2.24) is 10.6 Å². The summed E-state index contributed by atoms with van der Waals surface area (Å²) in [4.78, 5) is 11.5. The van der Waals surface area contributed by atoms with Gasteiger partial charge in [0.1, 0.15) is 5.76 Å². The van der Waals surface area contributed by atoms with Crippen LogP contribution in [-0.2, 0) is 11.2 Å². The van der Waals surface area contributed by atoms with Gasteiger partial charge in [0.25, 0.3) is 0 Å². The van der Waals surface area contributed by atoms with E-state index in [0.717, 1.165) is 18.6 Å². The van der Waals surface area contributed by atoms with Crippen LogP contribution in [0.2, 0.25) is 0 Å². The molecule has 0 aromatic carbocycles. The van der Waals surface area contributed by atoms with Gasteiger partial charge < -0.3 is 15.1 Å².